The van der Waals surface area contributed by atoms with Crippen molar-refractivity contribution in [3.8, 4) is 0 Å². The first-order chi connectivity index (χ1) is 19.3. The van der Waals surface area contributed by atoms with Crippen LogP contribution in [0.1, 0.15) is 49.2 Å². The van der Waals surface area contributed by atoms with E-state index >= 15 is 0 Å². The average molecular weight is 619 g/mol. The minimum absolute atomic E-state index is 0.0182. The van der Waals surface area contributed by atoms with Crippen molar-refractivity contribution in [2.45, 2.75) is 18.6 Å². The number of nitrogens with zero attached hydrogens (tertiary/aromatic N) is 2. The van der Waals surface area contributed by atoms with Crippen molar-refractivity contribution in [1.29, 1.82) is 0 Å². The van der Waals surface area contributed by atoms with Crippen LogP contribution in [0.15, 0.2) is 66.7 Å². The number of amides is 2. The number of halogens is 2. The van der Waals surface area contributed by atoms with Crippen LogP contribution in [0.4, 0.5) is 5.69 Å². The van der Waals surface area contributed by atoms with Gasteiger partial charge in [0.2, 0.25) is 5.78 Å². The Morgan fingerprint density at radius 1 is 0.951 bits per heavy atom. The molecule has 1 heterocycles. The molecule has 0 unspecified atom stereocenters. The van der Waals surface area contributed by atoms with Gasteiger partial charge in [0, 0.05) is 29.5 Å². The van der Waals surface area contributed by atoms with Crippen molar-refractivity contribution in [3.63, 3.8) is 0 Å². The van der Waals surface area contributed by atoms with Gasteiger partial charge in [0.1, 0.15) is 15.9 Å². The molecule has 0 aliphatic carbocycles. The number of carbonyl (C=O) groups excluding carboxylic acids is 4. The largest absolute Gasteiger partial charge is 0.447 e. The van der Waals surface area contributed by atoms with Crippen LogP contribution in [0, 0.1) is 10.1 Å². The number of ether oxygens (including phenoxy) is 1. The maximum absolute atomic E-state index is 13.6. The third kappa shape index (κ3) is 6.45. The Balaban J connectivity index is 1.74. The second-order valence-corrected chi connectivity index (χ2v) is 12.2. The minimum Gasteiger partial charge on any atom is -0.447 e. The summed E-state index contributed by atoms with van der Waals surface area (Å²) in [6.45, 7) is 0. The number of nitro groups is 1. The molecule has 0 radical (unpaired) electrons. The average Bonchev–Trinajstić information content (AvgIpc) is 3.16. The van der Waals surface area contributed by atoms with E-state index in [1.807, 2.05) is 0 Å². The summed E-state index contributed by atoms with van der Waals surface area (Å²) in [5.41, 5.74) is -0.357. The lowest BCUT2D eigenvalue weighted by atomic mass is 9.99. The fraction of sp³-hybridized carbons (Fsp3) is 0.185. The molecular formula is C27H20Cl2N2O9S. The van der Waals surface area contributed by atoms with Gasteiger partial charge in [-0.25, -0.2) is 13.2 Å². The van der Waals surface area contributed by atoms with Crippen molar-refractivity contribution in [2.24, 2.45) is 0 Å². The summed E-state index contributed by atoms with van der Waals surface area (Å²) < 4.78 is 29.6. The molecule has 1 aliphatic rings. The highest BCUT2D eigenvalue weighted by molar-refractivity contribution is 7.90. The summed E-state index contributed by atoms with van der Waals surface area (Å²) in [6.07, 6.45) is -1.27. The fourth-order valence-electron chi connectivity index (χ4n) is 4.21. The number of Topliss-reactive ketones (excluding diaryl/α,β-unsaturated/α-hetero) is 1. The van der Waals surface area contributed by atoms with Gasteiger partial charge in [0.15, 0.2) is 6.10 Å². The van der Waals surface area contributed by atoms with Crippen LogP contribution in [0.2, 0.25) is 10.0 Å². The Kier molecular flexibility index (Phi) is 8.57. The summed E-state index contributed by atoms with van der Waals surface area (Å²) in [6, 6.07) is 13.0. The van der Waals surface area contributed by atoms with Gasteiger partial charge >= 0.3 is 5.97 Å². The lowest BCUT2D eigenvalue weighted by molar-refractivity contribution is -0.384. The molecule has 3 aromatic rings. The maximum Gasteiger partial charge on any atom is 0.330 e. The molecule has 11 nitrogen and oxygen atoms in total. The van der Waals surface area contributed by atoms with Crippen LogP contribution in [0.25, 0.3) is 0 Å². The van der Waals surface area contributed by atoms with Crippen molar-refractivity contribution in [1.82, 2.24) is 4.90 Å². The Morgan fingerprint density at radius 3 is 1.98 bits per heavy atom. The Labute approximate surface area is 243 Å². The molecular weight excluding hydrogens is 599 g/mol. The van der Waals surface area contributed by atoms with Crippen LogP contribution in [-0.2, 0) is 19.4 Å². The van der Waals surface area contributed by atoms with Crippen LogP contribution in [0.5, 0.6) is 0 Å². The molecule has 212 valence electrons. The molecule has 14 heteroatoms. The number of imide groups is 1. The first kappa shape index (κ1) is 29.8. The lowest BCUT2D eigenvalue weighted by Gasteiger charge is -2.27. The SMILES string of the molecule is CS(=O)(=O)CC[C@@H](C(=O)O[C@@H](C(=O)c1ccccc1)c1ccc([N+](=O)[O-])cc1)N1C(=O)c2cc(Cl)c(Cl)cc2C1=O. The summed E-state index contributed by atoms with van der Waals surface area (Å²) in [7, 11) is -3.68. The van der Waals surface area contributed by atoms with Gasteiger partial charge in [-0.3, -0.25) is 29.4 Å². The molecule has 3 aromatic carbocycles. The molecule has 4 rings (SSSR count). The third-order valence-electron chi connectivity index (χ3n) is 6.24. The highest BCUT2D eigenvalue weighted by atomic mass is 35.5. The number of carbonyl (C=O) groups is 4. The minimum atomic E-state index is -3.68. The highest BCUT2D eigenvalue weighted by Gasteiger charge is 2.45. The number of benzene rings is 3. The number of nitro benzene ring substituents is 1. The first-order valence-corrected chi connectivity index (χ1v) is 14.7. The monoisotopic (exact) mass is 618 g/mol. The van der Waals surface area contributed by atoms with Crippen LogP contribution in [-0.4, -0.2) is 59.9 Å². The molecule has 2 atom stereocenters. The number of ketones is 1. The molecule has 0 N–H and O–H groups in total. The van der Waals surface area contributed by atoms with Gasteiger partial charge in [0.25, 0.3) is 17.5 Å². The number of sulfone groups is 1. The molecule has 0 bridgehead atoms. The van der Waals surface area contributed by atoms with Gasteiger partial charge in [-0.05, 0) is 30.7 Å². The Bertz CT molecular complexity index is 1640. The predicted octanol–water partition coefficient (Wildman–Crippen LogP) is 4.47. The van der Waals surface area contributed by atoms with Crippen LogP contribution < -0.4 is 0 Å². The normalized spacial score (nSPS) is 14.4. The predicted molar refractivity (Wildman–Crippen MR) is 148 cm³/mol. The molecule has 1 aliphatic heterocycles. The van der Waals surface area contributed by atoms with E-state index in [0.717, 1.165) is 30.5 Å². The third-order valence-corrected chi connectivity index (χ3v) is 7.94. The van der Waals surface area contributed by atoms with Gasteiger partial charge in [-0.15, -0.1) is 0 Å². The zero-order chi connectivity index (χ0) is 30.1. The van der Waals surface area contributed by atoms with E-state index in [2.05, 4.69) is 0 Å². The van der Waals surface area contributed by atoms with Gasteiger partial charge in [-0.2, -0.15) is 0 Å². The smallest absolute Gasteiger partial charge is 0.330 e. The Morgan fingerprint density at radius 2 is 1.49 bits per heavy atom. The molecule has 0 fully saturated rings. The van der Waals surface area contributed by atoms with Crippen LogP contribution >= 0.6 is 23.2 Å². The summed E-state index contributed by atoms with van der Waals surface area (Å²) in [5.74, 6) is -4.40. The fourth-order valence-corrected chi connectivity index (χ4v) is 5.18. The second-order valence-electron chi connectivity index (χ2n) is 9.12. The van der Waals surface area contributed by atoms with Crippen molar-refractivity contribution < 1.29 is 37.3 Å². The standard InChI is InChI=1S/C27H20Cl2N2O9S/c1-41(38,39)12-11-22(30-25(33)18-13-20(28)21(29)14-19(18)26(30)34)27(35)40-24(23(32)15-5-3-2-4-6-15)16-7-9-17(10-8-16)31(36)37/h2-10,13-14,22,24H,11-12H2,1H3/t22-,24+/m0/s1. The number of hydrogen-bond acceptors (Lipinski definition) is 9. The van der Waals surface area contributed by atoms with E-state index in [1.54, 1.807) is 18.2 Å². The number of esters is 1. The first-order valence-electron chi connectivity index (χ1n) is 11.9. The summed E-state index contributed by atoms with van der Waals surface area (Å²) >= 11 is 12.0. The number of fused-ring (bicyclic) bond motifs is 1. The highest BCUT2D eigenvalue weighted by Crippen LogP contribution is 2.34. The zero-order valence-electron chi connectivity index (χ0n) is 21.2. The zero-order valence-corrected chi connectivity index (χ0v) is 23.5. The molecule has 41 heavy (non-hydrogen) atoms. The molecule has 0 saturated heterocycles. The van der Waals surface area contributed by atoms with E-state index in [4.69, 9.17) is 27.9 Å². The Hall–Kier alpha value is -4.13. The summed E-state index contributed by atoms with van der Waals surface area (Å²) in [4.78, 5) is 64.7. The van der Waals surface area contributed by atoms with E-state index in [9.17, 15) is 37.7 Å². The lowest BCUT2D eigenvalue weighted by Crippen LogP contribution is -2.47. The number of non-ortho nitro benzene ring substituents is 1. The molecule has 0 aromatic heterocycles. The van der Waals surface area contributed by atoms with Crippen molar-refractivity contribution in [3.05, 3.63) is 109 Å². The molecule has 0 spiro atoms. The number of rotatable bonds is 10. The van der Waals surface area contributed by atoms with Gasteiger partial charge < -0.3 is 4.74 Å². The maximum atomic E-state index is 13.6. The molecule has 0 saturated carbocycles. The van der Waals surface area contributed by atoms with Crippen molar-refractivity contribution >= 4 is 62.3 Å². The van der Waals surface area contributed by atoms with Crippen LogP contribution in [0.3, 0.4) is 0 Å². The topological polar surface area (TPSA) is 158 Å². The van der Waals surface area contributed by atoms with E-state index in [1.165, 1.54) is 24.3 Å². The van der Waals surface area contributed by atoms with E-state index in [-0.39, 0.29) is 38.0 Å². The van der Waals surface area contributed by atoms with E-state index in [0.29, 0.717) is 4.90 Å². The van der Waals surface area contributed by atoms with Crippen molar-refractivity contribution in [2.75, 3.05) is 12.0 Å². The van der Waals surface area contributed by atoms with E-state index < -0.39 is 62.6 Å². The van der Waals surface area contributed by atoms with Gasteiger partial charge in [-0.1, -0.05) is 53.5 Å². The number of hydrogen-bond donors (Lipinski definition) is 0. The summed E-state index contributed by atoms with van der Waals surface area (Å²) in [5, 5.41) is 11.1. The quantitative estimate of drug-likeness (QED) is 0.105. The van der Waals surface area contributed by atoms with Gasteiger partial charge in [0.05, 0.1) is 31.8 Å². The second kappa shape index (κ2) is 11.8. The molecule has 2 amide bonds.